The van der Waals surface area contributed by atoms with Gasteiger partial charge in [0.2, 0.25) is 0 Å². The lowest BCUT2D eigenvalue weighted by Gasteiger charge is -2.14. The number of carboxylic acid groups (broad SMARTS) is 1. The lowest BCUT2D eigenvalue weighted by Crippen LogP contribution is -2.42. The second-order valence-corrected chi connectivity index (χ2v) is 4.35. The molecule has 0 saturated carbocycles. The van der Waals surface area contributed by atoms with E-state index in [-0.39, 0.29) is 6.61 Å². The van der Waals surface area contributed by atoms with Gasteiger partial charge in [0.15, 0.2) is 6.61 Å². The van der Waals surface area contributed by atoms with Crippen molar-refractivity contribution in [2.75, 3.05) is 6.61 Å². The number of aliphatic carboxylic acids is 1. The topological polar surface area (TPSA) is 75.6 Å². The smallest absolute Gasteiger partial charge is 0.326 e. The standard InChI is InChI=1S/C14H19NO4/c1-4-11(14(17)18)15-13(16)8-19-12-7-5-6-9(2)10(12)3/h5-7,11H,4,8H2,1-3H3,(H,15,16)(H,17,18). The molecule has 5 heteroatoms. The third-order valence-electron chi connectivity index (χ3n) is 2.96. The van der Waals surface area contributed by atoms with E-state index in [4.69, 9.17) is 9.84 Å². The van der Waals surface area contributed by atoms with E-state index in [9.17, 15) is 9.59 Å². The molecule has 5 nitrogen and oxygen atoms in total. The Hall–Kier alpha value is -2.04. The number of hydrogen-bond acceptors (Lipinski definition) is 3. The van der Waals surface area contributed by atoms with Crippen molar-refractivity contribution in [1.82, 2.24) is 5.32 Å². The lowest BCUT2D eigenvalue weighted by molar-refractivity contribution is -0.142. The molecule has 0 aliphatic heterocycles. The Labute approximate surface area is 112 Å². The van der Waals surface area contributed by atoms with E-state index >= 15 is 0 Å². The van der Waals surface area contributed by atoms with Crippen LogP contribution in [-0.4, -0.2) is 29.6 Å². The first-order valence-electron chi connectivity index (χ1n) is 6.16. The monoisotopic (exact) mass is 265 g/mol. The van der Waals surface area contributed by atoms with Crippen molar-refractivity contribution < 1.29 is 19.4 Å². The maximum atomic E-state index is 11.6. The number of carbonyl (C=O) groups is 2. The summed E-state index contributed by atoms with van der Waals surface area (Å²) in [5, 5.41) is 11.2. The van der Waals surface area contributed by atoms with Crippen LogP contribution in [-0.2, 0) is 9.59 Å². The zero-order chi connectivity index (χ0) is 14.4. The predicted octanol–water partition coefficient (Wildman–Crippen LogP) is 1.66. The van der Waals surface area contributed by atoms with Gasteiger partial charge in [-0.2, -0.15) is 0 Å². The first-order chi connectivity index (χ1) is 8.95. The SMILES string of the molecule is CCC(NC(=O)COc1cccc(C)c1C)C(=O)O. The molecule has 1 amide bonds. The predicted molar refractivity (Wildman–Crippen MR) is 71.3 cm³/mol. The molecule has 1 unspecified atom stereocenters. The van der Waals surface area contributed by atoms with Gasteiger partial charge in [0.05, 0.1) is 0 Å². The van der Waals surface area contributed by atoms with Crippen LogP contribution in [0.5, 0.6) is 5.75 Å². The van der Waals surface area contributed by atoms with Crippen LogP contribution in [0.25, 0.3) is 0 Å². The first kappa shape index (κ1) is 15.0. The van der Waals surface area contributed by atoms with Gasteiger partial charge in [-0.3, -0.25) is 4.79 Å². The van der Waals surface area contributed by atoms with Crippen LogP contribution in [0.3, 0.4) is 0 Å². The molecule has 0 aromatic heterocycles. The number of rotatable bonds is 6. The number of aryl methyl sites for hydroxylation is 1. The lowest BCUT2D eigenvalue weighted by atomic mass is 10.1. The normalized spacial score (nSPS) is 11.7. The molecular formula is C14H19NO4. The molecule has 1 aromatic carbocycles. The van der Waals surface area contributed by atoms with Gasteiger partial charge >= 0.3 is 5.97 Å². The number of nitrogens with one attached hydrogen (secondary N) is 1. The number of benzene rings is 1. The van der Waals surface area contributed by atoms with Gasteiger partial charge in [0.25, 0.3) is 5.91 Å². The van der Waals surface area contributed by atoms with Crippen molar-refractivity contribution in [3.63, 3.8) is 0 Å². The fourth-order valence-corrected chi connectivity index (χ4v) is 1.60. The van der Waals surface area contributed by atoms with Crippen LogP contribution in [0.15, 0.2) is 18.2 Å². The van der Waals surface area contributed by atoms with Crippen LogP contribution in [0.2, 0.25) is 0 Å². The zero-order valence-corrected chi connectivity index (χ0v) is 11.4. The van der Waals surface area contributed by atoms with Crippen molar-refractivity contribution in [1.29, 1.82) is 0 Å². The third-order valence-corrected chi connectivity index (χ3v) is 2.96. The number of hydrogen-bond donors (Lipinski definition) is 2. The molecule has 0 aliphatic rings. The summed E-state index contributed by atoms with van der Waals surface area (Å²) in [5.74, 6) is -0.837. The second kappa shape index (κ2) is 6.78. The fraction of sp³-hybridized carbons (Fsp3) is 0.429. The average molecular weight is 265 g/mol. The van der Waals surface area contributed by atoms with E-state index in [0.717, 1.165) is 11.1 Å². The largest absolute Gasteiger partial charge is 0.483 e. The highest BCUT2D eigenvalue weighted by Crippen LogP contribution is 2.20. The van der Waals surface area contributed by atoms with Crippen molar-refractivity contribution in [2.45, 2.75) is 33.2 Å². The molecule has 2 N–H and O–H groups in total. The Morgan fingerprint density at radius 3 is 2.63 bits per heavy atom. The molecule has 0 bridgehead atoms. The number of carboxylic acids is 1. The quantitative estimate of drug-likeness (QED) is 0.820. The molecule has 0 radical (unpaired) electrons. The van der Waals surface area contributed by atoms with E-state index in [1.165, 1.54) is 0 Å². The molecule has 0 spiro atoms. The van der Waals surface area contributed by atoms with E-state index in [1.807, 2.05) is 26.0 Å². The van der Waals surface area contributed by atoms with Crippen LogP contribution in [0.4, 0.5) is 0 Å². The fourth-order valence-electron chi connectivity index (χ4n) is 1.60. The summed E-state index contributed by atoms with van der Waals surface area (Å²) in [5.41, 5.74) is 2.05. The Bertz CT molecular complexity index is 471. The van der Waals surface area contributed by atoms with Crippen molar-refractivity contribution in [2.24, 2.45) is 0 Å². The molecule has 1 rings (SSSR count). The van der Waals surface area contributed by atoms with Gasteiger partial charge in [-0.15, -0.1) is 0 Å². The minimum absolute atomic E-state index is 0.186. The highest BCUT2D eigenvalue weighted by Gasteiger charge is 2.17. The van der Waals surface area contributed by atoms with Gasteiger partial charge in [0.1, 0.15) is 11.8 Å². The van der Waals surface area contributed by atoms with Crippen LogP contribution in [0, 0.1) is 13.8 Å². The summed E-state index contributed by atoms with van der Waals surface area (Å²) in [7, 11) is 0. The summed E-state index contributed by atoms with van der Waals surface area (Å²) in [4.78, 5) is 22.4. The molecule has 1 atom stereocenters. The summed E-state index contributed by atoms with van der Waals surface area (Å²) in [6.45, 7) is 5.38. The van der Waals surface area contributed by atoms with Gasteiger partial charge in [-0.05, 0) is 37.5 Å². The molecule has 0 heterocycles. The molecule has 0 aliphatic carbocycles. The first-order valence-corrected chi connectivity index (χ1v) is 6.16. The summed E-state index contributed by atoms with van der Waals surface area (Å²) < 4.78 is 5.40. The summed E-state index contributed by atoms with van der Waals surface area (Å²) in [6, 6.07) is 4.72. The molecule has 0 fully saturated rings. The summed E-state index contributed by atoms with van der Waals surface area (Å²) in [6.07, 6.45) is 0.338. The third kappa shape index (κ3) is 4.28. The van der Waals surface area contributed by atoms with Gasteiger partial charge < -0.3 is 15.2 Å². The Morgan fingerprint density at radius 2 is 2.05 bits per heavy atom. The Kier molecular flexibility index (Phi) is 5.36. The average Bonchev–Trinajstić information content (AvgIpc) is 2.37. The van der Waals surface area contributed by atoms with Gasteiger partial charge in [0, 0.05) is 0 Å². The van der Waals surface area contributed by atoms with E-state index in [0.29, 0.717) is 12.2 Å². The van der Waals surface area contributed by atoms with E-state index in [1.54, 1.807) is 13.0 Å². The molecule has 19 heavy (non-hydrogen) atoms. The number of amides is 1. The van der Waals surface area contributed by atoms with Crippen LogP contribution in [0.1, 0.15) is 24.5 Å². The van der Waals surface area contributed by atoms with Crippen molar-refractivity contribution in [3.8, 4) is 5.75 Å². The second-order valence-electron chi connectivity index (χ2n) is 4.35. The van der Waals surface area contributed by atoms with Crippen molar-refractivity contribution in [3.05, 3.63) is 29.3 Å². The molecular weight excluding hydrogens is 246 g/mol. The van der Waals surface area contributed by atoms with Crippen LogP contribution >= 0.6 is 0 Å². The number of ether oxygens (including phenoxy) is 1. The van der Waals surface area contributed by atoms with Crippen LogP contribution < -0.4 is 10.1 Å². The van der Waals surface area contributed by atoms with Crippen molar-refractivity contribution >= 4 is 11.9 Å². The maximum Gasteiger partial charge on any atom is 0.326 e. The minimum Gasteiger partial charge on any atom is -0.483 e. The highest BCUT2D eigenvalue weighted by atomic mass is 16.5. The van der Waals surface area contributed by atoms with Gasteiger partial charge in [-0.1, -0.05) is 19.1 Å². The Morgan fingerprint density at radius 1 is 1.37 bits per heavy atom. The summed E-state index contributed by atoms with van der Waals surface area (Å²) >= 11 is 0. The minimum atomic E-state index is -1.04. The zero-order valence-electron chi connectivity index (χ0n) is 11.4. The van der Waals surface area contributed by atoms with Gasteiger partial charge in [-0.25, -0.2) is 4.79 Å². The number of carbonyl (C=O) groups excluding carboxylic acids is 1. The maximum absolute atomic E-state index is 11.6. The van der Waals surface area contributed by atoms with E-state index in [2.05, 4.69) is 5.32 Å². The molecule has 1 aromatic rings. The Balaban J connectivity index is 2.55. The highest BCUT2D eigenvalue weighted by molar-refractivity contribution is 5.84. The van der Waals surface area contributed by atoms with E-state index < -0.39 is 17.9 Å². The molecule has 104 valence electrons. The molecule has 0 saturated heterocycles.